The number of rotatable bonds is 5. The molecule has 2 aromatic rings. The molecule has 1 aromatic heterocycles. The van der Waals surface area contributed by atoms with Gasteiger partial charge in [-0.15, -0.1) is 0 Å². The second-order valence-corrected chi connectivity index (χ2v) is 7.95. The Morgan fingerprint density at radius 3 is 2.45 bits per heavy atom. The third kappa shape index (κ3) is 3.92. The molecule has 118 valence electrons. The summed E-state index contributed by atoms with van der Waals surface area (Å²) in [5, 5.41) is 4.37. The van der Waals surface area contributed by atoms with Crippen molar-refractivity contribution >= 4 is 27.3 Å². The number of aryl methyl sites for hydroxylation is 2. The highest BCUT2D eigenvalue weighted by Crippen LogP contribution is 2.14. The van der Waals surface area contributed by atoms with E-state index in [9.17, 15) is 13.2 Å². The van der Waals surface area contributed by atoms with E-state index in [2.05, 4.69) is 9.69 Å². The zero-order valence-electron chi connectivity index (χ0n) is 12.7. The Kier molecular flexibility index (Phi) is 4.97. The van der Waals surface area contributed by atoms with Crippen molar-refractivity contribution < 1.29 is 13.2 Å². The van der Waals surface area contributed by atoms with E-state index in [-0.39, 0.29) is 16.6 Å². The molecule has 7 heteroatoms. The van der Waals surface area contributed by atoms with Crippen molar-refractivity contribution in [3.8, 4) is 0 Å². The lowest BCUT2D eigenvalue weighted by Gasteiger charge is -2.14. The average Bonchev–Trinajstić information content (AvgIpc) is 2.84. The molecular formula is C15H18N2O3S2. The van der Waals surface area contributed by atoms with E-state index in [1.54, 1.807) is 43.5 Å². The monoisotopic (exact) mass is 338 g/mol. The second-order valence-electron chi connectivity index (χ2n) is 5.28. The SMILES string of the molecule is Cc1ccc(S(=O)(=O)CC(C)NC(=O)c2csnc2C)cc1. The zero-order chi connectivity index (χ0) is 16.3. The maximum atomic E-state index is 12.3. The summed E-state index contributed by atoms with van der Waals surface area (Å²) in [5.41, 5.74) is 2.14. The Bertz CT molecular complexity index is 764. The molecule has 0 fully saturated rings. The third-order valence-corrected chi connectivity index (χ3v) is 5.87. The quantitative estimate of drug-likeness (QED) is 0.908. The van der Waals surface area contributed by atoms with E-state index in [0.717, 1.165) is 5.56 Å². The summed E-state index contributed by atoms with van der Waals surface area (Å²) >= 11 is 1.20. The van der Waals surface area contributed by atoms with Crippen LogP contribution < -0.4 is 5.32 Å². The first-order chi connectivity index (χ1) is 10.3. The molecule has 22 heavy (non-hydrogen) atoms. The fourth-order valence-electron chi connectivity index (χ4n) is 2.02. The molecule has 2 rings (SSSR count). The predicted molar refractivity (Wildman–Crippen MR) is 87.0 cm³/mol. The number of carbonyl (C=O) groups is 1. The summed E-state index contributed by atoms with van der Waals surface area (Å²) < 4.78 is 28.7. The van der Waals surface area contributed by atoms with Crippen molar-refractivity contribution in [3.63, 3.8) is 0 Å². The number of aromatic nitrogens is 1. The molecule has 0 bridgehead atoms. The molecule has 0 aliphatic rings. The second kappa shape index (κ2) is 6.58. The minimum atomic E-state index is -3.43. The first kappa shape index (κ1) is 16.6. The predicted octanol–water partition coefficient (Wildman–Crippen LogP) is 2.35. The van der Waals surface area contributed by atoms with Gasteiger partial charge in [0.1, 0.15) is 0 Å². The summed E-state index contributed by atoms with van der Waals surface area (Å²) in [5.74, 6) is -0.434. The molecule has 1 heterocycles. The van der Waals surface area contributed by atoms with Gasteiger partial charge in [0.2, 0.25) is 0 Å². The molecule has 0 spiro atoms. The zero-order valence-corrected chi connectivity index (χ0v) is 14.3. The fourth-order valence-corrected chi connectivity index (χ4v) is 4.20. The highest BCUT2D eigenvalue weighted by atomic mass is 32.2. The van der Waals surface area contributed by atoms with Crippen molar-refractivity contribution in [3.05, 3.63) is 46.5 Å². The Morgan fingerprint density at radius 2 is 1.91 bits per heavy atom. The maximum absolute atomic E-state index is 12.3. The van der Waals surface area contributed by atoms with Crippen LogP contribution in [0.2, 0.25) is 0 Å². The van der Waals surface area contributed by atoms with Crippen LogP contribution >= 0.6 is 11.5 Å². The molecule has 0 aliphatic carbocycles. The number of benzene rings is 1. The number of nitrogens with one attached hydrogen (secondary N) is 1. The lowest BCUT2D eigenvalue weighted by atomic mass is 10.2. The largest absolute Gasteiger partial charge is 0.348 e. The topological polar surface area (TPSA) is 76.1 Å². The van der Waals surface area contributed by atoms with E-state index in [1.165, 1.54) is 11.5 Å². The van der Waals surface area contributed by atoms with E-state index in [4.69, 9.17) is 0 Å². The van der Waals surface area contributed by atoms with Crippen LogP contribution in [0.4, 0.5) is 0 Å². The van der Waals surface area contributed by atoms with Gasteiger partial charge >= 0.3 is 0 Å². The van der Waals surface area contributed by atoms with Gasteiger partial charge in [0, 0.05) is 11.4 Å². The van der Waals surface area contributed by atoms with Gasteiger partial charge in [0.05, 0.1) is 21.9 Å². The Balaban J connectivity index is 2.05. The van der Waals surface area contributed by atoms with Crippen LogP contribution in [-0.4, -0.2) is 30.5 Å². The highest BCUT2D eigenvalue weighted by molar-refractivity contribution is 7.91. The van der Waals surface area contributed by atoms with Gasteiger partial charge in [0.25, 0.3) is 5.91 Å². The van der Waals surface area contributed by atoms with Crippen molar-refractivity contribution in [2.75, 3.05) is 5.75 Å². The van der Waals surface area contributed by atoms with Crippen molar-refractivity contribution in [2.24, 2.45) is 0 Å². The van der Waals surface area contributed by atoms with Gasteiger partial charge in [-0.05, 0) is 44.4 Å². The number of carbonyl (C=O) groups excluding carboxylic acids is 1. The van der Waals surface area contributed by atoms with Gasteiger partial charge < -0.3 is 5.32 Å². The Hall–Kier alpha value is -1.73. The Morgan fingerprint density at radius 1 is 1.27 bits per heavy atom. The fraction of sp³-hybridized carbons (Fsp3) is 0.333. The maximum Gasteiger partial charge on any atom is 0.254 e. The van der Waals surface area contributed by atoms with Gasteiger partial charge in [-0.2, -0.15) is 4.37 Å². The lowest BCUT2D eigenvalue weighted by Crippen LogP contribution is -2.37. The summed E-state index contributed by atoms with van der Waals surface area (Å²) in [6.07, 6.45) is 0. The molecule has 0 saturated heterocycles. The summed E-state index contributed by atoms with van der Waals surface area (Å²) in [7, 11) is -3.43. The standard InChI is InChI=1S/C15H18N2O3S2/c1-10-4-6-13(7-5-10)22(19,20)9-11(2)16-15(18)14-8-21-17-12(14)3/h4-8,11H,9H2,1-3H3,(H,16,18). The van der Waals surface area contributed by atoms with Gasteiger partial charge in [-0.1, -0.05) is 17.7 Å². The van der Waals surface area contributed by atoms with Crippen LogP contribution in [0.3, 0.4) is 0 Å². The normalized spacial score (nSPS) is 12.9. The molecule has 0 radical (unpaired) electrons. The van der Waals surface area contributed by atoms with Crippen LogP contribution in [0, 0.1) is 13.8 Å². The molecule has 1 atom stereocenters. The smallest absolute Gasteiger partial charge is 0.254 e. The molecule has 0 aliphatic heterocycles. The third-order valence-electron chi connectivity index (χ3n) is 3.22. The molecule has 5 nitrogen and oxygen atoms in total. The molecule has 1 N–H and O–H groups in total. The first-order valence-electron chi connectivity index (χ1n) is 6.81. The van der Waals surface area contributed by atoms with Crippen molar-refractivity contribution in [1.82, 2.24) is 9.69 Å². The Labute approximate surface area is 134 Å². The van der Waals surface area contributed by atoms with E-state index in [0.29, 0.717) is 11.3 Å². The molecule has 1 aromatic carbocycles. The lowest BCUT2D eigenvalue weighted by molar-refractivity contribution is 0.0943. The number of sulfone groups is 1. The molecule has 1 amide bonds. The summed E-state index contributed by atoms with van der Waals surface area (Å²) in [6.45, 7) is 5.33. The van der Waals surface area contributed by atoms with Crippen molar-refractivity contribution in [1.29, 1.82) is 0 Å². The van der Waals surface area contributed by atoms with Gasteiger partial charge in [0.15, 0.2) is 9.84 Å². The van der Waals surface area contributed by atoms with Gasteiger partial charge in [-0.25, -0.2) is 8.42 Å². The van der Waals surface area contributed by atoms with Gasteiger partial charge in [-0.3, -0.25) is 4.79 Å². The minimum Gasteiger partial charge on any atom is -0.348 e. The molecular weight excluding hydrogens is 320 g/mol. The number of nitrogens with zero attached hydrogens (tertiary/aromatic N) is 1. The molecule has 1 unspecified atom stereocenters. The minimum absolute atomic E-state index is 0.140. The first-order valence-corrected chi connectivity index (χ1v) is 9.30. The average molecular weight is 338 g/mol. The number of amides is 1. The van der Waals surface area contributed by atoms with Crippen LogP contribution in [0.15, 0.2) is 34.5 Å². The van der Waals surface area contributed by atoms with Crippen LogP contribution in [0.1, 0.15) is 28.5 Å². The van der Waals surface area contributed by atoms with E-state index >= 15 is 0 Å². The van der Waals surface area contributed by atoms with Crippen LogP contribution in [0.5, 0.6) is 0 Å². The summed E-state index contributed by atoms with van der Waals surface area (Å²) in [4.78, 5) is 12.3. The number of hydrogen-bond donors (Lipinski definition) is 1. The van der Waals surface area contributed by atoms with Crippen molar-refractivity contribution in [2.45, 2.75) is 31.7 Å². The highest BCUT2D eigenvalue weighted by Gasteiger charge is 2.21. The summed E-state index contributed by atoms with van der Waals surface area (Å²) in [6, 6.07) is 6.21. The number of hydrogen-bond acceptors (Lipinski definition) is 5. The molecule has 0 saturated carbocycles. The van der Waals surface area contributed by atoms with Crippen LogP contribution in [0.25, 0.3) is 0 Å². The van der Waals surface area contributed by atoms with Crippen LogP contribution in [-0.2, 0) is 9.84 Å². The van der Waals surface area contributed by atoms with E-state index in [1.807, 2.05) is 6.92 Å². The van der Waals surface area contributed by atoms with E-state index < -0.39 is 15.9 Å².